The Bertz CT molecular complexity index is 368. The molecule has 0 radical (unpaired) electrons. The quantitative estimate of drug-likeness (QED) is 0.750. The lowest BCUT2D eigenvalue weighted by Crippen LogP contribution is -2.30. The van der Waals surface area contributed by atoms with E-state index in [0.29, 0.717) is 11.7 Å². The van der Waals surface area contributed by atoms with Crippen molar-refractivity contribution in [1.82, 2.24) is 0 Å². The first-order chi connectivity index (χ1) is 8.81. The van der Waals surface area contributed by atoms with Gasteiger partial charge in [-0.05, 0) is 37.2 Å². The minimum absolute atomic E-state index is 0.285. The molecule has 1 fully saturated rings. The summed E-state index contributed by atoms with van der Waals surface area (Å²) in [6, 6.07) is 10.5. The van der Waals surface area contributed by atoms with Gasteiger partial charge in [-0.25, -0.2) is 0 Å². The molecule has 18 heavy (non-hydrogen) atoms. The van der Waals surface area contributed by atoms with Crippen molar-refractivity contribution in [2.45, 2.75) is 51.9 Å². The first-order valence-electron chi connectivity index (χ1n) is 7.38. The molecule has 1 saturated carbocycles. The Balaban J connectivity index is 2.03. The maximum Gasteiger partial charge on any atom is 0.136 e. The number of carbonyl (C=O) groups excluding carboxylic acids is 1. The predicted octanol–water partition coefficient (Wildman–Crippen LogP) is 4.40. The van der Waals surface area contributed by atoms with E-state index in [1.165, 1.54) is 31.2 Å². The Morgan fingerprint density at radius 3 is 2.72 bits per heavy atom. The first-order valence-corrected chi connectivity index (χ1v) is 7.38. The van der Waals surface area contributed by atoms with Gasteiger partial charge in [0.2, 0.25) is 0 Å². The van der Waals surface area contributed by atoms with E-state index in [1.54, 1.807) is 0 Å². The average molecular weight is 244 g/mol. The SMILES string of the molecule is CCCC[C@H]1CCCC(=O)[C@H]1Cc1ccccc1. The summed E-state index contributed by atoms with van der Waals surface area (Å²) in [5.74, 6) is 1.42. The predicted molar refractivity (Wildman–Crippen MR) is 75.5 cm³/mol. The van der Waals surface area contributed by atoms with Crippen LogP contribution in [0.25, 0.3) is 0 Å². The van der Waals surface area contributed by atoms with Gasteiger partial charge in [-0.2, -0.15) is 0 Å². The van der Waals surface area contributed by atoms with Crippen LogP contribution in [0, 0.1) is 11.8 Å². The molecule has 1 aromatic rings. The summed E-state index contributed by atoms with van der Waals surface area (Å²) in [4.78, 5) is 12.2. The lowest BCUT2D eigenvalue weighted by Gasteiger charge is -2.30. The zero-order valence-electron chi connectivity index (χ0n) is 11.4. The Morgan fingerprint density at radius 1 is 1.22 bits per heavy atom. The van der Waals surface area contributed by atoms with Crippen LogP contribution >= 0.6 is 0 Å². The molecule has 1 aromatic carbocycles. The maximum atomic E-state index is 12.2. The van der Waals surface area contributed by atoms with E-state index in [0.717, 1.165) is 19.3 Å². The molecule has 0 heterocycles. The Hall–Kier alpha value is -1.11. The van der Waals surface area contributed by atoms with Crippen molar-refractivity contribution in [2.24, 2.45) is 11.8 Å². The summed E-state index contributed by atoms with van der Waals surface area (Å²) in [5, 5.41) is 0. The second-order valence-electron chi connectivity index (χ2n) is 5.56. The summed E-state index contributed by atoms with van der Waals surface area (Å²) < 4.78 is 0. The van der Waals surface area contributed by atoms with Crippen molar-refractivity contribution in [3.63, 3.8) is 0 Å². The topological polar surface area (TPSA) is 17.1 Å². The van der Waals surface area contributed by atoms with Crippen LogP contribution in [-0.2, 0) is 11.2 Å². The smallest absolute Gasteiger partial charge is 0.136 e. The molecular formula is C17H24O. The summed E-state index contributed by atoms with van der Waals surface area (Å²) in [7, 11) is 0. The second kappa shape index (κ2) is 6.72. The number of Topliss-reactive ketones (excluding diaryl/α,β-unsaturated/α-hetero) is 1. The number of unbranched alkanes of at least 4 members (excludes halogenated alkanes) is 1. The third-order valence-electron chi connectivity index (χ3n) is 4.21. The third kappa shape index (κ3) is 3.44. The van der Waals surface area contributed by atoms with Crippen LogP contribution in [0.15, 0.2) is 30.3 Å². The maximum absolute atomic E-state index is 12.2. The molecule has 0 aliphatic heterocycles. The van der Waals surface area contributed by atoms with Gasteiger partial charge in [0.05, 0.1) is 0 Å². The van der Waals surface area contributed by atoms with Crippen molar-refractivity contribution < 1.29 is 4.79 Å². The molecule has 1 aliphatic rings. The zero-order chi connectivity index (χ0) is 12.8. The monoisotopic (exact) mass is 244 g/mol. The summed E-state index contributed by atoms with van der Waals surface area (Å²) >= 11 is 0. The summed E-state index contributed by atoms with van der Waals surface area (Å²) in [5.41, 5.74) is 1.32. The largest absolute Gasteiger partial charge is 0.299 e. The lowest BCUT2D eigenvalue weighted by molar-refractivity contribution is -0.126. The number of rotatable bonds is 5. The van der Waals surface area contributed by atoms with Gasteiger partial charge in [0.1, 0.15) is 5.78 Å². The van der Waals surface area contributed by atoms with Crippen molar-refractivity contribution >= 4 is 5.78 Å². The molecule has 0 amide bonds. The van der Waals surface area contributed by atoms with E-state index < -0.39 is 0 Å². The van der Waals surface area contributed by atoms with Crippen LogP contribution in [0.5, 0.6) is 0 Å². The lowest BCUT2D eigenvalue weighted by atomic mass is 9.73. The Morgan fingerprint density at radius 2 is 2.00 bits per heavy atom. The fourth-order valence-corrected chi connectivity index (χ4v) is 3.15. The van der Waals surface area contributed by atoms with Crippen LogP contribution < -0.4 is 0 Å². The van der Waals surface area contributed by atoms with Crippen LogP contribution in [0.4, 0.5) is 0 Å². The Labute approximate surface area is 111 Å². The van der Waals surface area contributed by atoms with E-state index in [1.807, 2.05) is 6.07 Å². The highest BCUT2D eigenvalue weighted by Crippen LogP contribution is 2.33. The van der Waals surface area contributed by atoms with Crippen molar-refractivity contribution in [3.8, 4) is 0 Å². The highest BCUT2D eigenvalue weighted by molar-refractivity contribution is 5.82. The van der Waals surface area contributed by atoms with E-state index in [-0.39, 0.29) is 5.92 Å². The molecule has 2 rings (SSSR count). The van der Waals surface area contributed by atoms with Crippen molar-refractivity contribution in [1.29, 1.82) is 0 Å². The molecule has 1 heteroatoms. The molecule has 0 bridgehead atoms. The van der Waals surface area contributed by atoms with Gasteiger partial charge >= 0.3 is 0 Å². The molecule has 2 atom stereocenters. The molecule has 0 spiro atoms. The minimum atomic E-state index is 0.285. The number of carbonyl (C=O) groups is 1. The molecule has 98 valence electrons. The van der Waals surface area contributed by atoms with Crippen LogP contribution in [-0.4, -0.2) is 5.78 Å². The van der Waals surface area contributed by atoms with Crippen LogP contribution in [0.1, 0.15) is 51.0 Å². The second-order valence-corrected chi connectivity index (χ2v) is 5.56. The molecule has 0 unspecified atom stereocenters. The van der Waals surface area contributed by atoms with Gasteiger partial charge in [0.25, 0.3) is 0 Å². The van der Waals surface area contributed by atoms with Gasteiger partial charge in [-0.15, -0.1) is 0 Å². The molecule has 0 saturated heterocycles. The summed E-state index contributed by atoms with van der Waals surface area (Å²) in [6.07, 6.45) is 7.86. The van der Waals surface area contributed by atoms with E-state index in [4.69, 9.17) is 0 Å². The van der Waals surface area contributed by atoms with Gasteiger partial charge in [-0.3, -0.25) is 4.79 Å². The zero-order valence-corrected chi connectivity index (χ0v) is 11.4. The number of hydrogen-bond donors (Lipinski definition) is 0. The number of benzene rings is 1. The van der Waals surface area contributed by atoms with E-state index >= 15 is 0 Å². The fraction of sp³-hybridized carbons (Fsp3) is 0.588. The van der Waals surface area contributed by atoms with E-state index in [2.05, 4.69) is 31.2 Å². The van der Waals surface area contributed by atoms with Crippen molar-refractivity contribution in [2.75, 3.05) is 0 Å². The van der Waals surface area contributed by atoms with Crippen LogP contribution in [0.3, 0.4) is 0 Å². The van der Waals surface area contributed by atoms with Gasteiger partial charge in [-0.1, -0.05) is 50.1 Å². The van der Waals surface area contributed by atoms with Crippen LogP contribution in [0.2, 0.25) is 0 Å². The van der Waals surface area contributed by atoms with Gasteiger partial charge in [0.15, 0.2) is 0 Å². The first kappa shape index (κ1) is 13.3. The highest BCUT2D eigenvalue weighted by Gasteiger charge is 2.31. The Kier molecular flexibility index (Phi) is 4.98. The molecular weight excluding hydrogens is 220 g/mol. The molecule has 1 nitrogen and oxygen atoms in total. The number of ketones is 1. The highest BCUT2D eigenvalue weighted by atomic mass is 16.1. The van der Waals surface area contributed by atoms with Gasteiger partial charge in [0, 0.05) is 12.3 Å². The minimum Gasteiger partial charge on any atom is -0.299 e. The average Bonchev–Trinajstić information content (AvgIpc) is 2.41. The third-order valence-corrected chi connectivity index (χ3v) is 4.21. The number of hydrogen-bond acceptors (Lipinski definition) is 1. The molecule has 0 aromatic heterocycles. The van der Waals surface area contributed by atoms with Crippen molar-refractivity contribution in [3.05, 3.63) is 35.9 Å². The normalized spacial score (nSPS) is 24.2. The van der Waals surface area contributed by atoms with Gasteiger partial charge < -0.3 is 0 Å². The van der Waals surface area contributed by atoms with E-state index in [9.17, 15) is 4.79 Å². The molecule has 0 N–H and O–H groups in total. The molecule has 1 aliphatic carbocycles. The fourth-order valence-electron chi connectivity index (χ4n) is 3.15. The standard InChI is InChI=1S/C17H24O/c1-2-3-10-15-11-7-12-17(18)16(15)13-14-8-5-4-6-9-14/h4-6,8-9,15-16H,2-3,7,10-13H2,1H3/t15-,16-/m0/s1. The summed E-state index contributed by atoms with van der Waals surface area (Å²) in [6.45, 7) is 2.23.